The molecule has 0 radical (unpaired) electrons. The summed E-state index contributed by atoms with van der Waals surface area (Å²) in [5.41, 5.74) is 1.36. The quantitative estimate of drug-likeness (QED) is 0.414. The molecule has 2 fully saturated rings. The van der Waals surface area contributed by atoms with E-state index < -0.39 is 17.8 Å². The number of alkyl halides is 3. The van der Waals surface area contributed by atoms with Crippen LogP contribution in [-0.4, -0.2) is 70.5 Å². The highest BCUT2D eigenvalue weighted by Crippen LogP contribution is 2.29. The van der Waals surface area contributed by atoms with E-state index in [1.165, 1.54) is 48.1 Å². The lowest BCUT2D eigenvalue weighted by molar-refractivity contribution is -0.137. The predicted molar refractivity (Wildman–Crippen MR) is 151 cm³/mol. The molecule has 0 spiro atoms. The first kappa shape index (κ1) is 29.3. The Bertz CT molecular complexity index is 1360. The maximum atomic E-state index is 12.8. The van der Waals surface area contributed by atoms with Gasteiger partial charge in [-0.25, -0.2) is 14.8 Å². The second kappa shape index (κ2) is 12.8. The number of halogens is 3. The number of carbonyl (C=O) groups is 2. The molecule has 4 heterocycles. The second-order valence-corrected chi connectivity index (χ2v) is 10.6. The van der Waals surface area contributed by atoms with Crippen LogP contribution in [0.25, 0.3) is 0 Å². The van der Waals surface area contributed by atoms with Crippen molar-refractivity contribution < 1.29 is 27.5 Å². The van der Waals surface area contributed by atoms with Crippen molar-refractivity contribution in [3.05, 3.63) is 77.6 Å². The van der Waals surface area contributed by atoms with E-state index in [0.29, 0.717) is 49.3 Å². The van der Waals surface area contributed by atoms with Crippen LogP contribution in [0.3, 0.4) is 0 Å². The van der Waals surface area contributed by atoms with E-state index in [9.17, 15) is 22.8 Å². The average molecular weight is 583 g/mol. The van der Waals surface area contributed by atoms with Crippen LogP contribution >= 0.6 is 0 Å². The first-order valence-electron chi connectivity index (χ1n) is 14.0. The van der Waals surface area contributed by atoms with E-state index in [0.717, 1.165) is 25.4 Å². The number of hydrogen-bond donors (Lipinski definition) is 1. The Labute approximate surface area is 242 Å². The van der Waals surface area contributed by atoms with Crippen molar-refractivity contribution in [1.29, 1.82) is 0 Å². The third-order valence-electron chi connectivity index (χ3n) is 7.67. The first-order valence-corrected chi connectivity index (χ1v) is 14.0. The molecule has 0 aliphatic carbocycles. The maximum absolute atomic E-state index is 12.8. The number of nitrogens with one attached hydrogen (secondary N) is 1. The highest BCUT2D eigenvalue weighted by atomic mass is 19.4. The fourth-order valence-corrected chi connectivity index (χ4v) is 5.12. The summed E-state index contributed by atoms with van der Waals surface area (Å²) in [6.07, 6.45) is 0.919. The van der Waals surface area contributed by atoms with E-state index in [-0.39, 0.29) is 11.8 Å². The summed E-state index contributed by atoms with van der Waals surface area (Å²) in [5.74, 6) is 0.235. The topological polar surface area (TPSA) is 90.9 Å². The zero-order chi connectivity index (χ0) is 29.7. The maximum Gasteiger partial charge on any atom is 0.417 e. The largest absolute Gasteiger partial charge is 0.417 e. The number of piperidine rings is 1. The molecule has 1 N–H and O–H groups in total. The summed E-state index contributed by atoms with van der Waals surface area (Å²) >= 11 is 0. The van der Waals surface area contributed by atoms with Gasteiger partial charge in [0.05, 0.1) is 17.4 Å². The first-order chi connectivity index (χ1) is 20.2. The van der Waals surface area contributed by atoms with Crippen LogP contribution in [0.4, 0.5) is 29.5 Å². The number of pyridine rings is 2. The molecule has 2 aliphatic heterocycles. The molecular weight excluding hydrogens is 549 g/mol. The van der Waals surface area contributed by atoms with Crippen molar-refractivity contribution in [2.45, 2.75) is 44.9 Å². The zero-order valence-corrected chi connectivity index (χ0v) is 23.3. The van der Waals surface area contributed by atoms with Gasteiger partial charge in [0, 0.05) is 56.6 Å². The van der Waals surface area contributed by atoms with E-state index in [1.807, 2.05) is 29.2 Å². The number of aromatic nitrogens is 2. The second-order valence-electron chi connectivity index (χ2n) is 10.6. The molecule has 2 aliphatic rings. The van der Waals surface area contributed by atoms with E-state index in [1.54, 1.807) is 6.07 Å². The van der Waals surface area contributed by atoms with Gasteiger partial charge in [-0.3, -0.25) is 9.69 Å². The summed E-state index contributed by atoms with van der Waals surface area (Å²) in [5, 5.41) is 2.81. The van der Waals surface area contributed by atoms with Gasteiger partial charge in [0.15, 0.2) is 0 Å². The third-order valence-corrected chi connectivity index (χ3v) is 7.67. The number of likely N-dealkylation sites (tertiary alicyclic amines) is 1. The van der Waals surface area contributed by atoms with Gasteiger partial charge in [-0.2, -0.15) is 13.2 Å². The summed E-state index contributed by atoms with van der Waals surface area (Å²) in [6, 6.07) is 13.6. The molecule has 0 bridgehead atoms. The lowest BCUT2D eigenvalue weighted by atomic mass is 10.0. The van der Waals surface area contributed by atoms with Crippen molar-refractivity contribution in [2.24, 2.45) is 0 Å². The lowest BCUT2D eigenvalue weighted by Gasteiger charge is -2.34. The molecule has 12 heteroatoms. The zero-order valence-electron chi connectivity index (χ0n) is 23.3. The van der Waals surface area contributed by atoms with Gasteiger partial charge < -0.3 is 19.9 Å². The molecule has 5 rings (SSSR count). The minimum Gasteiger partial charge on any atom is -0.391 e. The van der Waals surface area contributed by atoms with Crippen molar-refractivity contribution in [2.75, 3.05) is 42.9 Å². The van der Waals surface area contributed by atoms with Gasteiger partial charge in [-0.1, -0.05) is 18.6 Å². The smallest absolute Gasteiger partial charge is 0.391 e. The van der Waals surface area contributed by atoms with Crippen molar-refractivity contribution in [1.82, 2.24) is 19.8 Å². The van der Waals surface area contributed by atoms with Crippen LogP contribution in [-0.2, 0) is 12.7 Å². The number of hydrogen-bond acceptors (Lipinski definition) is 7. The van der Waals surface area contributed by atoms with E-state index >= 15 is 0 Å². The molecule has 2 saturated heterocycles. The van der Waals surface area contributed by atoms with Gasteiger partial charge in [-0.15, -0.1) is 0 Å². The molecule has 2 aromatic heterocycles. The molecule has 1 unspecified atom stereocenters. The van der Waals surface area contributed by atoms with Gasteiger partial charge in [0.2, 0.25) is 5.88 Å². The SMILES string of the molecule is CC1CCCCN1Cc1ccc(C(=O)Nc2ccc(OC(=O)N3CCN(c4ccc(C(F)(F)F)cn4)CC3)nc2)cc1. The molecule has 2 amide bonds. The molecule has 0 saturated carbocycles. The number of piperazine rings is 1. The molecule has 42 heavy (non-hydrogen) atoms. The van der Waals surface area contributed by atoms with Gasteiger partial charge in [0.1, 0.15) is 5.82 Å². The minimum absolute atomic E-state index is 0.0844. The lowest BCUT2D eigenvalue weighted by Crippen LogP contribution is -2.49. The highest BCUT2D eigenvalue weighted by molar-refractivity contribution is 6.04. The Morgan fingerprint density at radius 1 is 0.929 bits per heavy atom. The molecule has 1 aromatic carbocycles. The van der Waals surface area contributed by atoms with E-state index in [2.05, 4.69) is 27.1 Å². The van der Waals surface area contributed by atoms with Crippen molar-refractivity contribution >= 4 is 23.5 Å². The number of anilines is 2. The van der Waals surface area contributed by atoms with Crippen LogP contribution < -0.4 is 15.0 Å². The summed E-state index contributed by atoms with van der Waals surface area (Å²) in [7, 11) is 0. The monoisotopic (exact) mass is 582 g/mol. The summed E-state index contributed by atoms with van der Waals surface area (Å²) < 4.78 is 43.7. The number of carbonyl (C=O) groups excluding carboxylic acids is 2. The van der Waals surface area contributed by atoms with Crippen LogP contribution in [0.5, 0.6) is 5.88 Å². The van der Waals surface area contributed by atoms with Crippen LogP contribution in [0.2, 0.25) is 0 Å². The van der Waals surface area contributed by atoms with Crippen LogP contribution in [0, 0.1) is 0 Å². The van der Waals surface area contributed by atoms with E-state index in [4.69, 9.17) is 4.74 Å². The Balaban J connectivity index is 1.08. The standard InChI is InChI=1S/C30H33F3N6O3/c1-21-4-2-3-13-39(21)20-22-5-7-23(8-6-22)28(40)36-25-10-12-27(35-19-25)42-29(41)38-16-14-37(15-17-38)26-11-9-24(18-34-26)30(31,32)33/h5-12,18-19,21H,2-4,13-17,20H2,1H3,(H,36,40). The number of rotatable bonds is 6. The Morgan fingerprint density at radius 3 is 2.31 bits per heavy atom. The summed E-state index contributed by atoms with van der Waals surface area (Å²) in [6.45, 7) is 5.64. The third kappa shape index (κ3) is 7.35. The van der Waals surface area contributed by atoms with Gasteiger partial charge in [-0.05, 0) is 62.2 Å². The molecule has 3 aromatic rings. The van der Waals surface area contributed by atoms with Crippen LogP contribution in [0.1, 0.15) is 47.7 Å². The molecule has 1 atom stereocenters. The van der Waals surface area contributed by atoms with Crippen molar-refractivity contribution in [3.8, 4) is 5.88 Å². The fraction of sp³-hybridized carbons (Fsp3) is 0.400. The normalized spacial score (nSPS) is 18.0. The molecular formula is C30H33F3N6O3. The van der Waals surface area contributed by atoms with Gasteiger partial charge >= 0.3 is 12.3 Å². The fourth-order valence-electron chi connectivity index (χ4n) is 5.12. The Kier molecular flexibility index (Phi) is 8.91. The minimum atomic E-state index is -4.44. The number of benzene rings is 1. The number of amides is 2. The highest BCUT2D eigenvalue weighted by Gasteiger charge is 2.31. The van der Waals surface area contributed by atoms with Crippen molar-refractivity contribution in [3.63, 3.8) is 0 Å². The number of ether oxygens (including phenoxy) is 1. The predicted octanol–water partition coefficient (Wildman–Crippen LogP) is 5.44. The Hall–Kier alpha value is -4.19. The molecule has 9 nitrogen and oxygen atoms in total. The number of nitrogens with zero attached hydrogens (tertiary/aromatic N) is 5. The Morgan fingerprint density at radius 2 is 1.69 bits per heavy atom. The van der Waals surface area contributed by atoms with Gasteiger partial charge in [0.25, 0.3) is 5.91 Å². The summed E-state index contributed by atoms with van der Waals surface area (Å²) in [4.78, 5) is 39.2. The van der Waals surface area contributed by atoms with Crippen LogP contribution in [0.15, 0.2) is 60.9 Å². The average Bonchev–Trinajstić information content (AvgIpc) is 2.99. The molecule has 222 valence electrons.